The SMILES string of the molecule is C=CCC(F)(F)c1c(F)cccc1-c1cnc2c(Nc3ccc(C(=O)CCCCOCCN)c(CC)c3)nccn12. The normalized spacial score (nSPS) is 11.6. The lowest BCUT2D eigenvalue weighted by atomic mass is 9.96. The molecular formula is C31H34F3N5O2. The first-order chi connectivity index (χ1) is 19.8. The fourth-order valence-corrected chi connectivity index (χ4v) is 4.78. The van der Waals surface area contributed by atoms with E-state index in [1.165, 1.54) is 24.5 Å². The average molecular weight is 566 g/mol. The molecule has 0 spiro atoms. The monoisotopic (exact) mass is 565 g/mol. The van der Waals surface area contributed by atoms with E-state index in [2.05, 4.69) is 21.9 Å². The number of benzene rings is 2. The van der Waals surface area contributed by atoms with Crippen molar-refractivity contribution in [2.45, 2.75) is 45.0 Å². The van der Waals surface area contributed by atoms with Gasteiger partial charge in [-0.3, -0.25) is 9.20 Å². The van der Waals surface area contributed by atoms with Crippen LogP contribution in [0, 0.1) is 5.82 Å². The van der Waals surface area contributed by atoms with Crippen molar-refractivity contribution < 1.29 is 22.7 Å². The van der Waals surface area contributed by atoms with Gasteiger partial charge in [0.1, 0.15) is 5.82 Å². The molecule has 0 aliphatic rings. The molecule has 2 aromatic heterocycles. The smallest absolute Gasteiger partial charge is 0.280 e. The number of nitrogens with two attached hydrogens (primary N) is 1. The van der Waals surface area contributed by atoms with E-state index in [4.69, 9.17) is 10.5 Å². The second-order valence-electron chi connectivity index (χ2n) is 9.60. The summed E-state index contributed by atoms with van der Waals surface area (Å²) in [5.74, 6) is -4.00. The van der Waals surface area contributed by atoms with Crippen LogP contribution in [0.3, 0.4) is 0 Å². The Morgan fingerprint density at radius 1 is 1.20 bits per heavy atom. The van der Waals surface area contributed by atoms with Crippen molar-refractivity contribution in [3.8, 4) is 11.3 Å². The highest BCUT2D eigenvalue weighted by atomic mass is 19.3. The van der Waals surface area contributed by atoms with E-state index in [0.29, 0.717) is 61.0 Å². The van der Waals surface area contributed by atoms with Crippen molar-refractivity contribution >= 4 is 22.9 Å². The van der Waals surface area contributed by atoms with E-state index >= 15 is 0 Å². The molecule has 0 fully saturated rings. The van der Waals surface area contributed by atoms with Crippen LogP contribution in [0.2, 0.25) is 0 Å². The molecule has 7 nitrogen and oxygen atoms in total. The second kappa shape index (κ2) is 13.6. The van der Waals surface area contributed by atoms with Gasteiger partial charge >= 0.3 is 0 Å². The van der Waals surface area contributed by atoms with Crippen LogP contribution in [0.4, 0.5) is 24.7 Å². The van der Waals surface area contributed by atoms with Crippen LogP contribution >= 0.6 is 0 Å². The molecule has 0 aliphatic heterocycles. The van der Waals surface area contributed by atoms with E-state index in [9.17, 15) is 18.0 Å². The lowest BCUT2D eigenvalue weighted by Crippen LogP contribution is -2.16. The zero-order chi connectivity index (χ0) is 29.4. The first kappa shape index (κ1) is 30.0. The molecule has 0 amide bonds. The summed E-state index contributed by atoms with van der Waals surface area (Å²) < 4.78 is 51.5. The molecule has 4 rings (SSSR count). The Balaban J connectivity index is 1.58. The van der Waals surface area contributed by atoms with E-state index < -0.39 is 23.7 Å². The van der Waals surface area contributed by atoms with E-state index in [0.717, 1.165) is 30.5 Å². The number of hydrogen-bond donors (Lipinski definition) is 2. The van der Waals surface area contributed by atoms with Crippen molar-refractivity contribution in [1.82, 2.24) is 14.4 Å². The Morgan fingerprint density at radius 2 is 2.02 bits per heavy atom. The zero-order valence-electron chi connectivity index (χ0n) is 23.0. The van der Waals surface area contributed by atoms with Crippen LogP contribution < -0.4 is 11.1 Å². The molecule has 3 N–H and O–H groups in total. The molecule has 0 aliphatic carbocycles. The number of unbranched alkanes of at least 4 members (excludes halogenated alkanes) is 1. The standard InChI is InChI=1S/C31H34F3N5O2/c1-3-13-31(33,34)28-24(8-7-9-25(28)32)26-20-37-30-29(36-15-16-39(26)30)38-22-11-12-23(21(4-2)19-22)27(40)10-5-6-17-41-18-14-35/h3,7-9,11-12,15-16,19-20H,1,4-6,10,13-14,17-18,35H2,2H3,(H,36,38). The summed E-state index contributed by atoms with van der Waals surface area (Å²) in [5, 5.41) is 3.23. The highest BCUT2D eigenvalue weighted by Crippen LogP contribution is 2.40. The number of fused-ring (bicyclic) bond motifs is 1. The van der Waals surface area contributed by atoms with Gasteiger partial charge in [-0.2, -0.15) is 0 Å². The molecule has 0 saturated heterocycles. The maximum Gasteiger partial charge on any atom is 0.280 e. The topological polar surface area (TPSA) is 94.5 Å². The number of nitrogens with one attached hydrogen (secondary N) is 1. The average Bonchev–Trinajstić information content (AvgIpc) is 3.39. The number of rotatable bonds is 15. The lowest BCUT2D eigenvalue weighted by Gasteiger charge is -2.19. The van der Waals surface area contributed by atoms with Crippen molar-refractivity contribution in [3.05, 3.63) is 90.2 Å². The van der Waals surface area contributed by atoms with Gasteiger partial charge in [0, 0.05) is 55.2 Å². The minimum Gasteiger partial charge on any atom is -0.380 e. The summed E-state index contributed by atoms with van der Waals surface area (Å²) in [6.45, 7) is 6.95. The highest BCUT2D eigenvalue weighted by Gasteiger charge is 2.36. The van der Waals surface area contributed by atoms with Crippen molar-refractivity contribution in [2.75, 3.05) is 25.1 Å². The predicted octanol–water partition coefficient (Wildman–Crippen LogP) is 6.84. The molecule has 216 valence electrons. The van der Waals surface area contributed by atoms with Gasteiger partial charge in [0.2, 0.25) is 0 Å². The zero-order valence-corrected chi connectivity index (χ0v) is 23.0. The van der Waals surface area contributed by atoms with E-state index in [1.807, 2.05) is 13.0 Å². The Hall–Kier alpha value is -4.02. The summed E-state index contributed by atoms with van der Waals surface area (Å²) in [6, 6.07) is 9.35. The number of imidazole rings is 1. The Morgan fingerprint density at radius 3 is 2.78 bits per heavy atom. The molecule has 0 radical (unpaired) electrons. The third-order valence-corrected chi connectivity index (χ3v) is 6.74. The number of aromatic nitrogens is 3. The number of halogens is 3. The molecule has 0 atom stereocenters. The Bertz CT molecular complexity index is 1520. The van der Waals surface area contributed by atoms with Gasteiger partial charge in [0.25, 0.3) is 5.92 Å². The minimum atomic E-state index is -3.45. The number of carbonyl (C=O) groups excluding carboxylic acids is 1. The second-order valence-corrected chi connectivity index (χ2v) is 9.60. The van der Waals surface area contributed by atoms with Crippen molar-refractivity contribution in [1.29, 1.82) is 0 Å². The summed E-state index contributed by atoms with van der Waals surface area (Å²) in [5.41, 5.74) is 7.68. The molecule has 2 aromatic carbocycles. The fraction of sp³-hybridized carbons (Fsp3) is 0.323. The third-order valence-electron chi connectivity index (χ3n) is 6.74. The first-order valence-corrected chi connectivity index (χ1v) is 13.6. The van der Waals surface area contributed by atoms with E-state index in [-0.39, 0.29) is 11.3 Å². The summed E-state index contributed by atoms with van der Waals surface area (Å²) in [6.07, 6.45) is 7.49. The molecule has 2 heterocycles. The van der Waals surface area contributed by atoms with E-state index in [1.54, 1.807) is 22.7 Å². The van der Waals surface area contributed by atoms with Gasteiger partial charge in [0.15, 0.2) is 17.2 Å². The number of nitrogens with zero attached hydrogens (tertiary/aromatic N) is 3. The molecule has 0 bridgehead atoms. The number of allylic oxidation sites excluding steroid dienone is 1. The molecule has 41 heavy (non-hydrogen) atoms. The van der Waals surface area contributed by atoms with Crippen LogP contribution in [0.1, 0.15) is 54.1 Å². The number of anilines is 2. The Kier molecular flexibility index (Phi) is 9.91. The largest absolute Gasteiger partial charge is 0.380 e. The van der Waals surface area contributed by atoms with Gasteiger partial charge in [0.05, 0.1) is 24.1 Å². The maximum absolute atomic E-state index is 14.9. The van der Waals surface area contributed by atoms with Gasteiger partial charge in [-0.15, -0.1) is 6.58 Å². The summed E-state index contributed by atoms with van der Waals surface area (Å²) in [7, 11) is 0. The van der Waals surface area contributed by atoms with Crippen LogP contribution in [-0.2, 0) is 17.1 Å². The first-order valence-electron chi connectivity index (χ1n) is 13.6. The Labute approximate surface area is 237 Å². The van der Waals surface area contributed by atoms with Gasteiger partial charge < -0.3 is 15.8 Å². The summed E-state index contributed by atoms with van der Waals surface area (Å²) >= 11 is 0. The number of aryl methyl sites for hydroxylation is 1. The third kappa shape index (κ3) is 6.83. The maximum atomic E-state index is 14.9. The van der Waals surface area contributed by atoms with Gasteiger partial charge in [-0.05, 0) is 49.1 Å². The minimum absolute atomic E-state index is 0.0311. The van der Waals surface area contributed by atoms with Crippen molar-refractivity contribution in [2.24, 2.45) is 5.73 Å². The van der Waals surface area contributed by atoms with Gasteiger partial charge in [-0.25, -0.2) is 23.1 Å². The fourth-order valence-electron chi connectivity index (χ4n) is 4.78. The van der Waals surface area contributed by atoms with Gasteiger partial charge in [-0.1, -0.05) is 25.1 Å². The van der Waals surface area contributed by atoms with Crippen LogP contribution in [0.15, 0.2) is 67.6 Å². The number of ether oxygens (including phenoxy) is 1. The van der Waals surface area contributed by atoms with Crippen molar-refractivity contribution in [3.63, 3.8) is 0 Å². The van der Waals surface area contributed by atoms with Crippen LogP contribution in [0.25, 0.3) is 16.9 Å². The molecule has 4 aromatic rings. The number of carbonyl (C=O) groups is 1. The summed E-state index contributed by atoms with van der Waals surface area (Å²) in [4.78, 5) is 21.7. The number of hydrogen-bond acceptors (Lipinski definition) is 6. The number of Topliss-reactive ketones (excluding diaryl/α,β-unsaturated/α-hetero) is 1. The van der Waals surface area contributed by atoms with Crippen LogP contribution in [0.5, 0.6) is 0 Å². The quantitative estimate of drug-likeness (QED) is 0.0932. The molecular weight excluding hydrogens is 531 g/mol. The molecule has 0 unspecified atom stereocenters. The highest BCUT2D eigenvalue weighted by molar-refractivity contribution is 5.98. The lowest BCUT2D eigenvalue weighted by molar-refractivity contribution is -0.00375. The van der Waals surface area contributed by atoms with Crippen LogP contribution in [-0.4, -0.2) is 39.9 Å². The number of alkyl halides is 2. The number of ketones is 1. The molecule has 10 heteroatoms. The predicted molar refractivity (Wildman–Crippen MR) is 154 cm³/mol. The molecule has 0 saturated carbocycles.